The summed E-state index contributed by atoms with van der Waals surface area (Å²) in [5.41, 5.74) is 0.813. The summed E-state index contributed by atoms with van der Waals surface area (Å²) < 4.78 is 0. The minimum Gasteiger partial charge on any atom is -0.313 e. The summed E-state index contributed by atoms with van der Waals surface area (Å²) >= 11 is 0. The number of carbonyl (C=O) groups excluding carboxylic acids is 1. The Hall–Kier alpha value is -1.42. The molecule has 15 heavy (non-hydrogen) atoms. The molecule has 0 fully saturated rings. The topological polar surface area (TPSA) is 45.2 Å². The molecule has 0 aliphatic heterocycles. The van der Waals surface area contributed by atoms with Crippen LogP contribution in [0.5, 0.6) is 0 Å². The Kier molecular flexibility index (Phi) is 4.24. The molecular formula is C11H17N3O. The summed E-state index contributed by atoms with van der Waals surface area (Å²) in [6.45, 7) is 4.37. The van der Waals surface area contributed by atoms with Crippen LogP contribution in [0.3, 0.4) is 0 Å². The first-order valence-electron chi connectivity index (χ1n) is 5.01. The van der Waals surface area contributed by atoms with E-state index in [9.17, 15) is 4.79 Å². The van der Waals surface area contributed by atoms with E-state index in [1.807, 2.05) is 26.0 Å². The van der Waals surface area contributed by atoms with Crippen molar-refractivity contribution in [2.75, 3.05) is 18.5 Å². The molecule has 1 aromatic rings. The van der Waals surface area contributed by atoms with E-state index in [-0.39, 0.29) is 5.91 Å². The van der Waals surface area contributed by atoms with Gasteiger partial charge in [0.15, 0.2) is 0 Å². The van der Waals surface area contributed by atoms with Crippen LogP contribution < -0.4 is 10.2 Å². The Bertz CT molecular complexity index is 311. The minimum absolute atomic E-state index is 0.0386. The summed E-state index contributed by atoms with van der Waals surface area (Å²) in [5.74, 6) is 0.0386. The summed E-state index contributed by atoms with van der Waals surface area (Å²) in [6.07, 6.45) is 3.36. The van der Waals surface area contributed by atoms with E-state index in [0.717, 1.165) is 5.69 Å². The predicted molar refractivity (Wildman–Crippen MR) is 60.8 cm³/mol. The molecule has 1 rings (SSSR count). The molecule has 0 spiro atoms. The summed E-state index contributed by atoms with van der Waals surface area (Å²) in [4.78, 5) is 17.3. The molecule has 4 nitrogen and oxygen atoms in total. The largest absolute Gasteiger partial charge is 0.313 e. The molecule has 4 heteroatoms. The van der Waals surface area contributed by atoms with E-state index in [0.29, 0.717) is 12.6 Å². The maximum atomic E-state index is 11.7. The monoisotopic (exact) mass is 207 g/mol. The van der Waals surface area contributed by atoms with Crippen molar-refractivity contribution in [2.45, 2.75) is 19.9 Å². The number of nitrogens with zero attached hydrogens (tertiary/aromatic N) is 2. The van der Waals surface area contributed by atoms with Gasteiger partial charge in [-0.3, -0.25) is 9.78 Å². The molecule has 0 unspecified atom stereocenters. The van der Waals surface area contributed by atoms with Crippen molar-refractivity contribution in [1.29, 1.82) is 0 Å². The Balaban J connectivity index is 2.54. The molecule has 0 aliphatic rings. The van der Waals surface area contributed by atoms with Gasteiger partial charge in [-0.1, -0.05) is 13.8 Å². The van der Waals surface area contributed by atoms with Crippen molar-refractivity contribution in [3.8, 4) is 0 Å². The number of rotatable bonds is 4. The first-order valence-corrected chi connectivity index (χ1v) is 5.01. The lowest BCUT2D eigenvalue weighted by Crippen LogP contribution is -2.38. The van der Waals surface area contributed by atoms with Gasteiger partial charge in [-0.25, -0.2) is 0 Å². The predicted octanol–water partition coefficient (Wildman–Crippen LogP) is 1.04. The average Bonchev–Trinajstić information content (AvgIpc) is 2.26. The molecule has 0 atom stereocenters. The van der Waals surface area contributed by atoms with Gasteiger partial charge in [0.25, 0.3) is 0 Å². The maximum absolute atomic E-state index is 11.7. The molecule has 0 radical (unpaired) electrons. The maximum Gasteiger partial charge on any atom is 0.240 e. The fourth-order valence-electron chi connectivity index (χ4n) is 1.11. The SMILES string of the molecule is CC(C)NCC(=O)N(C)c1cccnc1. The smallest absolute Gasteiger partial charge is 0.240 e. The number of likely N-dealkylation sites (N-methyl/N-ethyl adjacent to an activating group) is 1. The molecule has 0 saturated carbocycles. The molecule has 1 aromatic heterocycles. The third kappa shape index (κ3) is 3.67. The highest BCUT2D eigenvalue weighted by Gasteiger charge is 2.10. The number of carbonyl (C=O) groups is 1. The first-order chi connectivity index (χ1) is 7.11. The number of hydrogen-bond donors (Lipinski definition) is 1. The summed E-state index contributed by atoms with van der Waals surface area (Å²) in [5, 5.41) is 3.08. The van der Waals surface area contributed by atoms with Crippen molar-refractivity contribution < 1.29 is 4.79 Å². The van der Waals surface area contributed by atoms with Crippen molar-refractivity contribution >= 4 is 11.6 Å². The molecule has 1 N–H and O–H groups in total. The van der Waals surface area contributed by atoms with Gasteiger partial charge in [-0.2, -0.15) is 0 Å². The molecule has 0 aliphatic carbocycles. The van der Waals surface area contributed by atoms with Crippen molar-refractivity contribution in [3.05, 3.63) is 24.5 Å². The highest BCUT2D eigenvalue weighted by Crippen LogP contribution is 2.08. The van der Waals surface area contributed by atoms with E-state index in [1.54, 1.807) is 24.3 Å². The Morgan fingerprint density at radius 1 is 1.60 bits per heavy atom. The van der Waals surface area contributed by atoms with Gasteiger partial charge in [0.2, 0.25) is 5.91 Å². The standard InChI is InChI=1S/C11H17N3O/c1-9(2)13-8-11(15)14(3)10-5-4-6-12-7-10/h4-7,9,13H,8H2,1-3H3. The number of aromatic nitrogens is 1. The zero-order valence-corrected chi connectivity index (χ0v) is 9.40. The third-order valence-corrected chi connectivity index (χ3v) is 2.07. The van der Waals surface area contributed by atoms with Crippen LogP contribution >= 0.6 is 0 Å². The second-order valence-electron chi connectivity index (χ2n) is 3.70. The van der Waals surface area contributed by atoms with Crippen LogP contribution in [0.4, 0.5) is 5.69 Å². The van der Waals surface area contributed by atoms with Crippen LogP contribution in [0, 0.1) is 0 Å². The number of anilines is 1. The Morgan fingerprint density at radius 2 is 2.33 bits per heavy atom. The van der Waals surface area contributed by atoms with E-state index in [2.05, 4.69) is 10.3 Å². The highest BCUT2D eigenvalue weighted by atomic mass is 16.2. The van der Waals surface area contributed by atoms with E-state index >= 15 is 0 Å². The van der Waals surface area contributed by atoms with E-state index in [4.69, 9.17) is 0 Å². The van der Waals surface area contributed by atoms with E-state index < -0.39 is 0 Å². The van der Waals surface area contributed by atoms with Crippen LogP contribution in [-0.2, 0) is 4.79 Å². The number of hydrogen-bond acceptors (Lipinski definition) is 3. The number of nitrogens with one attached hydrogen (secondary N) is 1. The van der Waals surface area contributed by atoms with Gasteiger partial charge < -0.3 is 10.2 Å². The molecule has 0 saturated heterocycles. The van der Waals surface area contributed by atoms with Gasteiger partial charge in [0.1, 0.15) is 0 Å². The lowest BCUT2D eigenvalue weighted by atomic mass is 10.3. The van der Waals surface area contributed by atoms with Crippen LogP contribution in [0.15, 0.2) is 24.5 Å². The van der Waals surface area contributed by atoms with Crippen molar-refractivity contribution in [2.24, 2.45) is 0 Å². The molecule has 1 heterocycles. The van der Waals surface area contributed by atoms with E-state index in [1.165, 1.54) is 0 Å². The van der Waals surface area contributed by atoms with Crippen molar-refractivity contribution in [3.63, 3.8) is 0 Å². The number of pyridine rings is 1. The quantitative estimate of drug-likeness (QED) is 0.802. The average molecular weight is 207 g/mol. The van der Waals surface area contributed by atoms with Crippen LogP contribution in [0.25, 0.3) is 0 Å². The van der Waals surface area contributed by atoms with Gasteiger partial charge in [0, 0.05) is 19.3 Å². The van der Waals surface area contributed by atoms with Gasteiger partial charge in [-0.05, 0) is 12.1 Å². The minimum atomic E-state index is 0.0386. The van der Waals surface area contributed by atoms with Gasteiger partial charge in [-0.15, -0.1) is 0 Å². The summed E-state index contributed by atoms with van der Waals surface area (Å²) in [6, 6.07) is 3.99. The van der Waals surface area contributed by atoms with Crippen LogP contribution in [0.1, 0.15) is 13.8 Å². The Morgan fingerprint density at radius 3 is 2.87 bits per heavy atom. The van der Waals surface area contributed by atoms with Gasteiger partial charge >= 0.3 is 0 Å². The molecule has 82 valence electrons. The molecule has 0 aromatic carbocycles. The number of amides is 1. The fourth-order valence-corrected chi connectivity index (χ4v) is 1.11. The lowest BCUT2D eigenvalue weighted by molar-refractivity contribution is -0.117. The first kappa shape index (κ1) is 11.7. The van der Waals surface area contributed by atoms with Crippen molar-refractivity contribution in [1.82, 2.24) is 10.3 Å². The summed E-state index contributed by atoms with van der Waals surface area (Å²) in [7, 11) is 1.75. The lowest BCUT2D eigenvalue weighted by Gasteiger charge is -2.17. The molecule has 0 bridgehead atoms. The molecular weight excluding hydrogens is 190 g/mol. The second kappa shape index (κ2) is 5.46. The van der Waals surface area contributed by atoms with Gasteiger partial charge in [0.05, 0.1) is 18.4 Å². The second-order valence-corrected chi connectivity index (χ2v) is 3.70. The zero-order valence-electron chi connectivity index (χ0n) is 9.40. The zero-order chi connectivity index (χ0) is 11.3. The molecule has 1 amide bonds. The third-order valence-electron chi connectivity index (χ3n) is 2.07. The normalized spacial score (nSPS) is 10.4. The Labute approximate surface area is 90.3 Å². The van der Waals surface area contributed by atoms with Crippen LogP contribution in [0.2, 0.25) is 0 Å². The van der Waals surface area contributed by atoms with Crippen LogP contribution in [-0.4, -0.2) is 30.5 Å². The fraction of sp³-hybridized carbons (Fsp3) is 0.455. The highest BCUT2D eigenvalue weighted by molar-refractivity contribution is 5.94.